The van der Waals surface area contributed by atoms with Crippen molar-refractivity contribution in [3.05, 3.63) is 0 Å². The van der Waals surface area contributed by atoms with Gasteiger partial charge in [0.1, 0.15) is 6.54 Å². The van der Waals surface area contributed by atoms with E-state index in [1.54, 1.807) is 5.01 Å². The molecule has 0 atom stereocenters. The molecule has 0 heterocycles. The topological polar surface area (TPSA) is 52.6 Å². The van der Waals surface area contributed by atoms with Crippen LogP contribution in [-0.4, -0.2) is 35.7 Å². The van der Waals surface area contributed by atoms with Crippen molar-refractivity contribution in [3.8, 4) is 0 Å². The Morgan fingerprint density at radius 2 is 1.71 bits per heavy atom. The van der Waals surface area contributed by atoms with Crippen molar-refractivity contribution < 1.29 is 9.90 Å². The highest BCUT2D eigenvalue weighted by Gasteiger charge is 2.48. The molecule has 4 aliphatic carbocycles. The highest BCUT2D eigenvalue weighted by atomic mass is 16.4. The van der Waals surface area contributed by atoms with Crippen molar-refractivity contribution in [2.45, 2.75) is 38.1 Å². The van der Waals surface area contributed by atoms with Crippen LogP contribution in [-0.2, 0) is 4.79 Å². The number of nitrogens with zero attached hydrogens (tertiary/aromatic N) is 1. The van der Waals surface area contributed by atoms with Gasteiger partial charge in [-0.3, -0.25) is 10.2 Å². The van der Waals surface area contributed by atoms with Crippen LogP contribution in [0.25, 0.3) is 0 Å². The molecule has 0 saturated heterocycles. The summed E-state index contributed by atoms with van der Waals surface area (Å²) in [6.07, 6.45) is 6.93. The Bertz CT molecular complexity index is 291. The van der Waals surface area contributed by atoms with Crippen molar-refractivity contribution in [3.63, 3.8) is 0 Å². The molecule has 0 spiro atoms. The summed E-state index contributed by atoms with van der Waals surface area (Å²) in [6.45, 7) is 0.0861. The van der Waals surface area contributed by atoms with Gasteiger partial charge in [0, 0.05) is 13.1 Å². The Morgan fingerprint density at radius 1 is 1.18 bits per heavy atom. The molecule has 4 nitrogen and oxygen atoms in total. The largest absolute Gasteiger partial charge is 0.480 e. The SMILES string of the molecule is CN(CC(=O)O)NC1C2CC3CC(C2)CC1C3. The van der Waals surface area contributed by atoms with E-state index >= 15 is 0 Å². The van der Waals surface area contributed by atoms with Crippen LogP contribution in [0.5, 0.6) is 0 Å². The summed E-state index contributed by atoms with van der Waals surface area (Å²) in [5.41, 5.74) is 3.45. The van der Waals surface area contributed by atoms with Gasteiger partial charge in [-0.25, -0.2) is 5.01 Å². The molecule has 0 aliphatic heterocycles. The van der Waals surface area contributed by atoms with E-state index < -0.39 is 5.97 Å². The number of carboxylic acids is 1. The number of rotatable bonds is 4. The number of aliphatic carboxylic acids is 1. The Hall–Kier alpha value is -0.610. The Kier molecular flexibility index (Phi) is 2.87. The van der Waals surface area contributed by atoms with E-state index in [1.807, 2.05) is 7.05 Å². The molecule has 0 unspecified atom stereocenters. The standard InChI is InChI=1S/C13H22N2O2/c1-15(7-12(16)17)14-13-10-3-8-2-9(5-10)6-11(13)4-8/h8-11,13-14H,2-7H2,1H3,(H,16,17). The second kappa shape index (κ2) is 4.25. The number of hydrazine groups is 1. The fraction of sp³-hybridized carbons (Fsp3) is 0.923. The van der Waals surface area contributed by atoms with Crippen LogP contribution in [0.2, 0.25) is 0 Å². The van der Waals surface area contributed by atoms with Gasteiger partial charge >= 0.3 is 5.97 Å². The van der Waals surface area contributed by atoms with E-state index in [1.165, 1.54) is 32.1 Å². The summed E-state index contributed by atoms with van der Waals surface area (Å²) < 4.78 is 0. The van der Waals surface area contributed by atoms with Gasteiger partial charge in [-0.2, -0.15) is 0 Å². The molecule has 0 radical (unpaired) electrons. The van der Waals surface area contributed by atoms with Gasteiger partial charge in [0.25, 0.3) is 0 Å². The van der Waals surface area contributed by atoms with Gasteiger partial charge in [-0.05, 0) is 55.8 Å². The van der Waals surface area contributed by atoms with E-state index in [4.69, 9.17) is 5.11 Å². The summed E-state index contributed by atoms with van der Waals surface area (Å²) in [7, 11) is 1.85. The third-order valence-electron chi connectivity index (χ3n) is 4.97. The van der Waals surface area contributed by atoms with Crippen LogP contribution in [0, 0.1) is 23.7 Å². The van der Waals surface area contributed by atoms with Crippen molar-refractivity contribution in [2.75, 3.05) is 13.6 Å². The van der Waals surface area contributed by atoms with Crippen LogP contribution >= 0.6 is 0 Å². The first-order valence-electron chi connectivity index (χ1n) is 6.81. The van der Waals surface area contributed by atoms with Crippen molar-refractivity contribution in [1.82, 2.24) is 10.4 Å². The van der Waals surface area contributed by atoms with Crippen molar-refractivity contribution in [2.24, 2.45) is 23.7 Å². The van der Waals surface area contributed by atoms with Gasteiger partial charge in [0.05, 0.1) is 0 Å². The Labute approximate surface area is 102 Å². The summed E-state index contributed by atoms with van der Waals surface area (Å²) in [4.78, 5) is 10.7. The van der Waals surface area contributed by atoms with E-state index in [0.717, 1.165) is 23.7 Å². The maximum absolute atomic E-state index is 10.7. The molecule has 0 aromatic heterocycles. The average Bonchev–Trinajstić information content (AvgIpc) is 2.21. The lowest BCUT2D eigenvalue weighted by Crippen LogP contribution is -2.58. The predicted octanol–water partition coefficient (Wildman–Crippen LogP) is 1.33. The number of nitrogens with one attached hydrogen (secondary N) is 1. The highest BCUT2D eigenvalue weighted by Crippen LogP contribution is 2.53. The summed E-state index contributed by atoms with van der Waals surface area (Å²) in [5, 5.41) is 10.5. The van der Waals surface area contributed by atoms with Crippen LogP contribution in [0.15, 0.2) is 0 Å². The van der Waals surface area contributed by atoms with Gasteiger partial charge in [-0.15, -0.1) is 0 Å². The molecular weight excluding hydrogens is 216 g/mol. The van der Waals surface area contributed by atoms with E-state index in [-0.39, 0.29) is 6.54 Å². The second-order valence-corrected chi connectivity index (χ2v) is 6.34. The van der Waals surface area contributed by atoms with Crippen molar-refractivity contribution >= 4 is 5.97 Å². The van der Waals surface area contributed by atoms with Crippen LogP contribution in [0.4, 0.5) is 0 Å². The fourth-order valence-corrected chi connectivity index (χ4v) is 4.64. The fourth-order valence-electron chi connectivity index (χ4n) is 4.64. The number of hydrogen-bond donors (Lipinski definition) is 2. The van der Waals surface area contributed by atoms with Gasteiger partial charge in [-0.1, -0.05) is 0 Å². The minimum Gasteiger partial charge on any atom is -0.480 e. The molecule has 4 aliphatic rings. The lowest BCUT2D eigenvalue weighted by Gasteiger charge is -2.55. The maximum Gasteiger partial charge on any atom is 0.319 e. The van der Waals surface area contributed by atoms with Crippen LogP contribution < -0.4 is 5.43 Å². The van der Waals surface area contributed by atoms with Gasteiger partial charge in [0.2, 0.25) is 0 Å². The summed E-state index contributed by atoms with van der Waals surface area (Å²) in [5.74, 6) is 2.77. The minimum absolute atomic E-state index is 0.0861. The molecule has 0 aromatic carbocycles. The zero-order valence-electron chi connectivity index (χ0n) is 10.4. The third-order valence-corrected chi connectivity index (χ3v) is 4.97. The molecule has 4 rings (SSSR count). The van der Waals surface area contributed by atoms with Crippen molar-refractivity contribution in [1.29, 1.82) is 0 Å². The minimum atomic E-state index is -0.760. The average molecular weight is 238 g/mol. The normalized spacial score (nSPS) is 43.3. The second-order valence-electron chi connectivity index (χ2n) is 6.34. The Balaban J connectivity index is 1.62. The summed E-state index contributed by atoms with van der Waals surface area (Å²) in [6, 6.07) is 0.534. The lowest BCUT2D eigenvalue weighted by atomic mass is 9.54. The van der Waals surface area contributed by atoms with E-state index in [9.17, 15) is 4.79 Å². The van der Waals surface area contributed by atoms with Gasteiger partial charge in [0.15, 0.2) is 0 Å². The maximum atomic E-state index is 10.7. The zero-order valence-corrected chi connectivity index (χ0v) is 10.4. The molecule has 4 fully saturated rings. The molecule has 2 N–H and O–H groups in total. The third kappa shape index (κ3) is 2.20. The quantitative estimate of drug-likeness (QED) is 0.726. The number of carboxylic acid groups (broad SMARTS) is 1. The Morgan fingerprint density at radius 3 is 2.18 bits per heavy atom. The molecule has 0 amide bonds. The molecule has 0 aromatic rings. The smallest absolute Gasteiger partial charge is 0.319 e. The molecule has 4 saturated carbocycles. The lowest BCUT2D eigenvalue weighted by molar-refractivity contribution is -0.139. The molecule has 17 heavy (non-hydrogen) atoms. The molecule has 4 heteroatoms. The summed E-state index contributed by atoms with van der Waals surface area (Å²) >= 11 is 0. The zero-order chi connectivity index (χ0) is 12.0. The van der Waals surface area contributed by atoms with E-state index in [2.05, 4.69) is 5.43 Å². The first kappa shape index (κ1) is 11.5. The number of likely N-dealkylation sites (N-methyl/N-ethyl adjacent to an activating group) is 1. The first-order valence-corrected chi connectivity index (χ1v) is 6.81. The van der Waals surface area contributed by atoms with Crippen LogP contribution in [0.1, 0.15) is 32.1 Å². The van der Waals surface area contributed by atoms with Crippen LogP contribution in [0.3, 0.4) is 0 Å². The predicted molar refractivity (Wildman–Crippen MR) is 64.2 cm³/mol. The van der Waals surface area contributed by atoms with Gasteiger partial charge < -0.3 is 5.11 Å². The molecule has 4 bridgehead atoms. The molecule has 96 valence electrons. The van der Waals surface area contributed by atoms with E-state index in [0.29, 0.717) is 6.04 Å². The number of carbonyl (C=O) groups is 1. The number of hydrogen-bond acceptors (Lipinski definition) is 3. The first-order chi connectivity index (χ1) is 8.11. The molecular formula is C13H22N2O2. The monoisotopic (exact) mass is 238 g/mol. The highest BCUT2D eigenvalue weighted by molar-refractivity contribution is 5.68.